The van der Waals surface area contributed by atoms with Gasteiger partial charge in [-0.2, -0.15) is 10.2 Å². The van der Waals surface area contributed by atoms with Gasteiger partial charge in [-0.1, -0.05) is 64.9 Å². The van der Waals surface area contributed by atoms with Crippen molar-refractivity contribution in [1.82, 2.24) is 10.2 Å². The van der Waals surface area contributed by atoms with E-state index in [1.165, 1.54) is 44.9 Å². The molecule has 1 fully saturated rings. The van der Waals surface area contributed by atoms with Gasteiger partial charge in [0.2, 0.25) is 0 Å². The van der Waals surface area contributed by atoms with Gasteiger partial charge in [-0.25, -0.2) is 8.78 Å². The molecule has 1 aliphatic carbocycles. The maximum Gasteiger partial charge on any atom is 0.168 e. The Bertz CT molecular complexity index is 750. The summed E-state index contributed by atoms with van der Waals surface area (Å²) >= 11 is 0. The summed E-state index contributed by atoms with van der Waals surface area (Å²) in [7, 11) is 0. The summed E-state index contributed by atoms with van der Waals surface area (Å²) in [6.07, 6.45) is 11.3. The lowest BCUT2D eigenvalue weighted by Gasteiger charge is -2.28. The van der Waals surface area contributed by atoms with Crippen LogP contribution in [0.15, 0.2) is 24.3 Å². The van der Waals surface area contributed by atoms with Gasteiger partial charge >= 0.3 is 0 Å². The third-order valence-electron chi connectivity index (χ3n) is 6.27. The summed E-state index contributed by atoms with van der Waals surface area (Å²) in [5.41, 5.74) is 1.89. The van der Waals surface area contributed by atoms with Gasteiger partial charge in [-0.15, -0.1) is 0 Å². The van der Waals surface area contributed by atoms with Crippen molar-refractivity contribution >= 4 is 0 Å². The van der Waals surface area contributed by atoms with Gasteiger partial charge in [0.05, 0.1) is 11.4 Å². The van der Waals surface area contributed by atoms with E-state index >= 15 is 0 Å². The van der Waals surface area contributed by atoms with E-state index in [1.54, 1.807) is 18.2 Å². The zero-order valence-electron chi connectivity index (χ0n) is 17.2. The molecule has 152 valence electrons. The van der Waals surface area contributed by atoms with Crippen LogP contribution < -0.4 is 0 Å². The Balaban J connectivity index is 1.59. The Morgan fingerprint density at radius 1 is 0.857 bits per heavy atom. The Morgan fingerprint density at radius 3 is 2.18 bits per heavy atom. The lowest BCUT2D eigenvalue weighted by molar-refractivity contribution is 0.249. The van der Waals surface area contributed by atoms with E-state index in [0.717, 1.165) is 24.5 Å². The van der Waals surface area contributed by atoms with Crippen molar-refractivity contribution in [2.75, 3.05) is 0 Å². The first kappa shape index (κ1) is 20.9. The molecule has 0 radical (unpaired) electrons. The second-order valence-electron chi connectivity index (χ2n) is 8.23. The van der Waals surface area contributed by atoms with Crippen LogP contribution in [-0.2, 0) is 12.8 Å². The molecule has 1 heterocycles. The molecule has 0 spiro atoms. The van der Waals surface area contributed by atoms with E-state index in [4.69, 9.17) is 0 Å². The normalized spacial score (nSPS) is 19.7. The van der Waals surface area contributed by atoms with Crippen LogP contribution in [-0.4, -0.2) is 10.2 Å². The predicted octanol–water partition coefficient (Wildman–Crippen LogP) is 6.91. The fourth-order valence-electron chi connectivity index (χ4n) is 4.33. The lowest BCUT2D eigenvalue weighted by atomic mass is 9.78. The SMILES string of the molecule is CCCCC1CCC(CCc2ccc(-c3ccc(CC)nn3)c(F)c2F)CC1. The average molecular weight is 387 g/mol. The molecule has 2 nitrogen and oxygen atoms in total. The number of hydrogen-bond acceptors (Lipinski definition) is 2. The van der Waals surface area contributed by atoms with Gasteiger partial charge in [0.15, 0.2) is 11.6 Å². The zero-order valence-corrected chi connectivity index (χ0v) is 17.2. The number of unbranched alkanes of at least 4 members (excludes halogenated alkanes) is 1. The van der Waals surface area contributed by atoms with Crippen molar-refractivity contribution in [2.24, 2.45) is 11.8 Å². The maximum absolute atomic E-state index is 14.6. The van der Waals surface area contributed by atoms with Gasteiger partial charge in [0, 0.05) is 5.56 Å². The molecule has 1 aromatic heterocycles. The fraction of sp³-hybridized carbons (Fsp3) is 0.583. The van der Waals surface area contributed by atoms with Gasteiger partial charge in [-0.05, 0) is 54.9 Å². The molecule has 0 unspecified atom stereocenters. The van der Waals surface area contributed by atoms with Crippen LogP contribution in [0.4, 0.5) is 8.78 Å². The van der Waals surface area contributed by atoms with E-state index in [9.17, 15) is 8.78 Å². The minimum absolute atomic E-state index is 0.188. The second-order valence-corrected chi connectivity index (χ2v) is 8.23. The number of aromatic nitrogens is 2. The molecule has 0 aliphatic heterocycles. The molecule has 4 heteroatoms. The second kappa shape index (κ2) is 10.1. The summed E-state index contributed by atoms with van der Waals surface area (Å²) in [4.78, 5) is 0. The van der Waals surface area contributed by atoms with Crippen LogP contribution in [0.1, 0.15) is 76.5 Å². The molecule has 0 atom stereocenters. The van der Waals surface area contributed by atoms with Gasteiger partial charge in [-0.3, -0.25) is 0 Å². The Kier molecular flexibility index (Phi) is 7.52. The smallest absolute Gasteiger partial charge is 0.168 e. The topological polar surface area (TPSA) is 25.8 Å². The number of rotatable bonds is 8. The molecule has 1 aliphatic rings. The predicted molar refractivity (Wildman–Crippen MR) is 110 cm³/mol. The zero-order chi connectivity index (χ0) is 19.9. The third-order valence-corrected chi connectivity index (χ3v) is 6.27. The van der Waals surface area contributed by atoms with Crippen LogP contribution in [0.3, 0.4) is 0 Å². The van der Waals surface area contributed by atoms with E-state index in [-0.39, 0.29) is 5.56 Å². The average Bonchev–Trinajstić information content (AvgIpc) is 2.74. The van der Waals surface area contributed by atoms with Crippen LogP contribution >= 0.6 is 0 Å². The minimum Gasteiger partial charge on any atom is -0.203 e. The summed E-state index contributed by atoms with van der Waals surface area (Å²) in [5.74, 6) is -0.00726. The summed E-state index contributed by atoms with van der Waals surface area (Å²) < 4.78 is 29.2. The van der Waals surface area contributed by atoms with Gasteiger partial charge < -0.3 is 0 Å². The number of aryl methyl sites for hydroxylation is 2. The standard InChI is InChI=1S/C24H32F2N2/c1-3-5-6-17-7-9-18(10-8-17)11-12-19-13-15-21(24(26)23(19)25)22-16-14-20(4-2)27-28-22/h13-18H,3-12H2,1-2H3. The first-order valence-electron chi connectivity index (χ1n) is 10.9. The number of halogens is 2. The lowest BCUT2D eigenvalue weighted by Crippen LogP contribution is -2.15. The van der Waals surface area contributed by atoms with Crippen molar-refractivity contribution in [3.63, 3.8) is 0 Å². The molecule has 0 N–H and O–H groups in total. The number of benzene rings is 1. The molecule has 0 saturated heterocycles. The van der Waals surface area contributed by atoms with Crippen molar-refractivity contribution in [3.05, 3.63) is 47.2 Å². The molecule has 0 bridgehead atoms. The molecule has 28 heavy (non-hydrogen) atoms. The van der Waals surface area contributed by atoms with Crippen LogP contribution in [0.25, 0.3) is 11.3 Å². The highest BCUT2D eigenvalue weighted by molar-refractivity contribution is 5.60. The molecular formula is C24H32F2N2. The molecule has 2 aromatic rings. The van der Waals surface area contributed by atoms with Crippen LogP contribution in [0.5, 0.6) is 0 Å². The van der Waals surface area contributed by atoms with E-state index < -0.39 is 11.6 Å². The van der Waals surface area contributed by atoms with Crippen LogP contribution in [0, 0.1) is 23.5 Å². The van der Waals surface area contributed by atoms with Gasteiger partial charge in [0.25, 0.3) is 0 Å². The molecule has 0 amide bonds. The van der Waals surface area contributed by atoms with Crippen molar-refractivity contribution in [1.29, 1.82) is 0 Å². The first-order chi connectivity index (χ1) is 13.6. The van der Waals surface area contributed by atoms with Crippen molar-refractivity contribution in [3.8, 4) is 11.3 Å². The van der Waals surface area contributed by atoms with E-state index in [2.05, 4.69) is 17.1 Å². The quantitative estimate of drug-likeness (QED) is 0.492. The highest BCUT2D eigenvalue weighted by Gasteiger charge is 2.22. The van der Waals surface area contributed by atoms with Crippen molar-refractivity contribution < 1.29 is 8.78 Å². The summed E-state index contributed by atoms with van der Waals surface area (Å²) in [6, 6.07) is 6.88. The first-order valence-corrected chi connectivity index (χ1v) is 10.9. The summed E-state index contributed by atoms with van der Waals surface area (Å²) in [6.45, 7) is 4.23. The Hall–Kier alpha value is -1.84. The Labute approximate surface area is 167 Å². The number of hydrogen-bond donors (Lipinski definition) is 0. The van der Waals surface area contributed by atoms with Crippen LogP contribution in [0.2, 0.25) is 0 Å². The largest absolute Gasteiger partial charge is 0.203 e. The molecule has 1 saturated carbocycles. The van der Waals surface area contributed by atoms with Gasteiger partial charge in [0.1, 0.15) is 0 Å². The number of nitrogens with zero attached hydrogens (tertiary/aromatic N) is 2. The van der Waals surface area contributed by atoms with E-state index in [0.29, 0.717) is 23.6 Å². The summed E-state index contributed by atoms with van der Waals surface area (Å²) in [5, 5.41) is 8.09. The highest BCUT2D eigenvalue weighted by atomic mass is 19.2. The maximum atomic E-state index is 14.6. The van der Waals surface area contributed by atoms with E-state index in [1.807, 2.05) is 13.0 Å². The highest BCUT2D eigenvalue weighted by Crippen LogP contribution is 2.34. The minimum atomic E-state index is -0.806. The molecular weight excluding hydrogens is 354 g/mol. The van der Waals surface area contributed by atoms with Crippen molar-refractivity contribution in [2.45, 2.75) is 78.1 Å². The third kappa shape index (κ3) is 5.15. The Morgan fingerprint density at radius 2 is 1.57 bits per heavy atom. The molecule has 3 rings (SSSR count). The fourth-order valence-corrected chi connectivity index (χ4v) is 4.33. The molecule has 1 aromatic carbocycles. The monoisotopic (exact) mass is 386 g/mol.